The van der Waals surface area contributed by atoms with Gasteiger partial charge in [0.25, 0.3) is 0 Å². The highest BCUT2D eigenvalue weighted by atomic mass is 16.5. The van der Waals surface area contributed by atoms with Crippen LogP contribution in [0.4, 0.5) is 0 Å². The predicted molar refractivity (Wildman–Crippen MR) is 83.1 cm³/mol. The van der Waals surface area contributed by atoms with E-state index >= 15 is 0 Å². The fourth-order valence-corrected chi connectivity index (χ4v) is 3.40. The molecule has 0 spiro atoms. The standard InChI is InChI=1S/C17H24N2O2/c1-18-10-13-3-2-7-19(11-13)12-16(20)14-4-5-17-15(9-14)6-8-21-17/h4-5,9,13,18H,2-3,6-8,10-12H2,1H3. The van der Waals surface area contributed by atoms with Crippen LogP contribution in [0.1, 0.15) is 28.8 Å². The molecule has 0 bridgehead atoms. The third kappa shape index (κ3) is 3.44. The Morgan fingerprint density at radius 2 is 2.38 bits per heavy atom. The molecule has 114 valence electrons. The molecule has 1 aromatic carbocycles. The van der Waals surface area contributed by atoms with E-state index in [-0.39, 0.29) is 5.78 Å². The number of nitrogens with one attached hydrogen (secondary N) is 1. The van der Waals surface area contributed by atoms with E-state index in [0.717, 1.165) is 44.0 Å². The maximum Gasteiger partial charge on any atom is 0.176 e. The molecule has 4 nitrogen and oxygen atoms in total. The molecule has 1 N–H and O–H groups in total. The maximum absolute atomic E-state index is 12.5. The molecule has 1 fully saturated rings. The Morgan fingerprint density at radius 1 is 1.48 bits per heavy atom. The second-order valence-corrected chi connectivity index (χ2v) is 6.15. The van der Waals surface area contributed by atoms with E-state index in [1.54, 1.807) is 0 Å². The highest BCUT2D eigenvalue weighted by Gasteiger charge is 2.22. The van der Waals surface area contributed by atoms with Crippen molar-refractivity contribution >= 4 is 5.78 Å². The Bertz CT molecular complexity index is 514. The van der Waals surface area contributed by atoms with Crippen LogP contribution in [-0.2, 0) is 6.42 Å². The first-order valence-electron chi connectivity index (χ1n) is 7.92. The average Bonchev–Trinajstić information content (AvgIpc) is 2.95. The van der Waals surface area contributed by atoms with Gasteiger partial charge in [-0.15, -0.1) is 0 Å². The van der Waals surface area contributed by atoms with Gasteiger partial charge in [-0.2, -0.15) is 0 Å². The number of carbonyl (C=O) groups excluding carboxylic acids is 1. The largest absolute Gasteiger partial charge is 0.493 e. The molecule has 0 radical (unpaired) electrons. The Morgan fingerprint density at radius 3 is 3.24 bits per heavy atom. The molecular weight excluding hydrogens is 264 g/mol. The van der Waals surface area contributed by atoms with Gasteiger partial charge in [-0.05, 0) is 62.7 Å². The number of piperidine rings is 1. The van der Waals surface area contributed by atoms with E-state index in [1.807, 2.05) is 25.2 Å². The van der Waals surface area contributed by atoms with Crippen LogP contribution in [0.2, 0.25) is 0 Å². The minimum absolute atomic E-state index is 0.231. The van der Waals surface area contributed by atoms with Crippen molar-refractivity contribution in [3.8, 4) is 5.75 Å². The van der Waals surface area contributed by atoms with Crippen LogP contribution in [0.5, 0.6) is 5.75 Å². The van der Waals surface area contributed by atoms with Crippen molar-refractivity contribution in [1.82, 2.24) is 10.2 Å². The van der Waals surface area contributed by atoms with Crippen LogP contribution in [-0.4, -0.2) is 50.5 Å². The molecule has 21 heavy (non-hydrogen) atoms. The summed E-state index contributed by atoms with van der Waals surface area (Å²) in [4.78, 5) is 14.8. The predicted octanol–water partition coefficient (Wildman–Crippen LogP) is 1.74. The zero-order valence-corrected chi connectivity index (χ0v) is 12.7. The van der Waals surface area contributed by atoms with Gasteiger partial charge in [-0.25, -0.2) is 0 Å². The first-order chi connectivity index (χ1) is 10.3. The summed E-state index contributed by atoms with van der Waals surface area (Å²) in [5, 5.41) is 3.25. The smallest absolute Gasteiger partial charge is 0.176 e. The van der Waals surface area contributed by atoms with Crippen LogP contribution in [0, 0.1) is 5.92 Å². The SMILES string of the molecule is CNCC1CCCN(CC(=O)c2ccc3c(c2)CCO3)C1. The molecule has 2 aliphatic heterocycles. The highest BCUT2D eigenvalue weighted by Crippen LogP contribution is 2.26. The van der Waals surface area contributed by atoms with Crippen molar-refractivity contribution in [2.24, 2.45) is 5.92 Å². The summed E-state index contributed by atoms with van der Waals surface area (Å²) in [6.07, 6.45) is 3.38. The van der Waals surface area contributed by atoms with Crippen molar-refractivity contribution in [1.29, 1.82) is 0 Å². The minimum atomic E-state index is 0.231. The van der Waals surface area contributed by atoms with E-state index in [0.29, 0.717) is 12.5 Å². The molecule has 3 rings (SSSR count). The maximum atomic E-state index is 12.5. The molecule has 0 saturated carbocycles. The lowest BCUT2D eigenvalue weighted by Crippen LogP contribution is -2.41. The number of hydrogen-bond donors (Lipinski definition) is 1. The van der Waals surface area contributed by atoms with Gasteiger partial charge in [-0.1, -0.05) is 0 Å². The lowest BCUT2D eigenvalue weighted by Gasteiger charge is -2.32. The molecular formula is C17H24N2O2. The summed E-state index contributed by atoms with van der Waals surface area (Å²) in [5.74, 6) is 1.85. The van der Waals surface area contributed by atoms with Crippen LogP contribution >= 0.6 is 0 Å². The first kappa shape index (κ1) is 14.5. The van der Waals surface area contributed by atoms with Gasteiger partial charge in [-0.3, -0.25) is 9.69 Å². The number of Topliss-reactive ketones (excluding diaryl/α,β-unsaturated/α-hetero) is 1. The van der Waals surface area contributed by atoms with Gasteiger partial charge < -0.3 is 10.1 Å². The first-order valence-corrected chi connectivity index (χ1v) is 7.92. The third-order valence-corrected chi connectivity index (χ3v) is 4.47. The molecule has 1 unspecified atom stereocenters. The van der Waals surface area contributed by atoms with Gasteiger partial charge >= 0.3 is 0 Å². The van der Waals surface area contributed by atoms with Crippen molar-refractivity contribution in [2.45, 2.75) is 19.3 Å². The molecule has 2 heterocycles. The normalized spacial score (nSPS) is 21.9. The highest BCUT2D eigenvalue weighted by molar-refractivity contribution is 5.98. The molecule has 4 heteroatoms. The third-order valence-electron chi connectivity index (χ3n) is 4.47. The van der Waals surface area contributed by atoms with E-state index in [1.165, 1.54) is 18.4 Å². The molecule has 0 aliphatic carbocycles. The second kappa shape index (κ2) is 6.58. The number of nitrogens with zero attached hydrogens (tertiary/aromatic N) is 1. The number of benzene rings is 1. The van der Waals surface area contributed by atoms with Crippen LogP contribution < -0.4 is 10.1 Å². The lowest BCUT2D eigenvalue weighted by atomic mass is 9.97. The Labute approximate surface area is 126 Å². The fraction of sp³-hybridized carbons (Fsp3) is 0.588. The summed E-state index contributed by atoms with van der Waals surface area (Å²) in [6.45, 7) is 4.40. The number of carbonyl (C=O) groups is 1. The summed E-state index contributed by atoms with van der Waals surface area (Å²) >= 11 is 0. The van der Waals surface area contributed by atoms with Crippen molar-refractivity contribution in [3.05, 3.63) is 29.3 Å². The van der Waals surface area contributed by atoms with Crippen molar-refractivity contribution in [3.63, 3.8) is 0 Å². The number of ketones is 1. The average molecular weight is 288 g/mol. The van der Waals surface area contributed by atoms with Crippen molar-refractivity contribution < 1.29 is 9.53 Å². The summed E-state index contributed by atoms with van der Waals surface area (Å²) < 4.78 is 5.50. The van der Waals surface area contributed by atoms with E-state index in [2.05, 4.69) is 10.2 Å². The Kier molecular flexibility index (Phi) is 4.56. The Hall–Kier alpha value is -1.39. The number of rotatable bonds is 5. The zero-order valence-electron chi connectivity index (χ0n) is 12.7. The minimum Gasteiger partial charge on any atom is -0.493 e. The van der Waals surface area contributed by atoms with E-state index in [4.69, 9.17) is 4.74 Å². The molecule has 1 aromatic rings. The Balaban J connectivity index is 1.60. The van der Waals surface area contributed by atoms with Crippen molar-refractivity contribution in [2.75, 3.05) is 39.8 Å². The number of fused-ring (bicyclic) bond motifs is 1. The van der Waals surface area contributed by atoms with Crippen LogP contribution in [0.25, 0.3) is 0 Å². The molecule has 1 atom stereocenters. The molecule has 2 aliphatic rings. The quantitative estimate of drug-likeness (QED) is 0.838. The summed E-state index contributed by atoms with van der Waals surface area (Å²) in [6, 6.07) is 5.86. The topological polar surface area (TPSA) is 41.6 Å². The monoisotopic (exact) mass is 288 g/mol. The molecule has 1 saturated heterocycles. The molecule has 0 amide bonds. The van der Waals surface area contributed by atoms with E-state index in [9.17, 15) is 4.79 Å². The number of ether oxygens (including phenoxy) is 1. The van der Waals surface area contributed by atoms with Gasteiger partial charge in [0.1, 0.15) is 5.75 Å². The van der Waals surface area contributed by atoms with Gasteiger partial charge in [0.15, 0.2) is 5.78 Å². The second-order valence-electron chi connectivity index (χ2n) is 6.15. The molecule has 0 aromatic heterocycles. The van der Waals surface area contributed by atoms with Gasteiger partial charge in [0, 0.05) is 18.5 Å². The fourth-order valence-electron chi connectivity index (χ4n) is 3.40. The van der Waals surface area contributed by atoms with Crippen LogP contribution in [0.15, 0.2) is 18.2 Å². The van der Waals surface area contributed by atoms with Gasteiger partial charge in [0.05, 0.1) is 13.2 Å². The number of likely N-dealkylation sites (tertiary alicyclic amines) is 1. The summed E-state index contributed by atoms with van der Waals surface area (Å²) in [7, 11) is 2.00. The van der Waals surface area contributed by atoms with Crippen LogP contribution in [0.3, 0.4) is 0 Å². The van der Waals surface area contributed by atoms with Gasteiger partial charge in [0.2, 0.25) is 0 Å². The van der Waals surface area contributed by atoms with E-state index < -0.39 is 0 Å². The lowest BCUT2D eigenvalue weighted by molar-refractivity contribution is 0.0886. The number of hydrogen-bond acceptors (Lipinski definition) is 4. The zero-order chi connectivity index (χ0) is 14.7. The summed E-state index contributed by atoms with van der Waals surface area (Å²) in [5.41, 5.74) is 2.00.